The van der Waals surface area contributed by atoms with Crippen LogP contribution in [0.4, 0.5) is 0 Å². The lowest BCUT2D eigenvalue weighted by atomic mass is 9.96. The van der Waals surface area contributed by atoms with E-state index in [1.54, 1.807) is 0 Å². The van der Waals surface area contributed by atoms with Crippen LogP contribution in [0.2, 0.25) is 0 Å². The van der Waals surface area contributed by atoms with Crippen molar-refractivity contribution in [2.45, 2.75) is 70.4 Å². The van der Waals surface area contributed by atoms with Gasteiger partial charge in [-0.1, -0.05) is 18.9 Å². The normalized spacial score (nSPS) is 20.3. The Labute approximate surface area is 153 Å². The van der Waals surface area contributed by atoms with E-state index in [0.717, 1.165) is 24.8 Å². The highest BCUT2D eigenvalue weighted by Gasteiger charge is 2.23. The van der Waals surface area contributed by atoms with Crippen molar-refractivity contribution in [2.75, 3.05) is 0 Å². The minimum atomic E-state index is -0.00522. The Morgan fingerprint density at radius 2 is 1.96 bits per heavy atom. The zero-order chi connectivity index (χ0) is 17.9. The molecule has 0 saturated carbocycles. The first kappa shape index (κ1) is 17.1. The standard InChI is InChI=1S/C21H27N3O2/c25-20-10-8-15(23-20)12-21(26)22-13-14-7-9-19-17(11-14)16-5-3-1-2-4-6-18(16)24-19/h7,9,11,15,24H,1-6,8,10,12-13H2,(H,22,26)(H,23,25). The van der Waals surface area contributed by atoms with Gasteiger partial charge in [0.05, 0.1) is 0 Å². The van der Waals surface area contributed by atoms with Crippen molar-refractivity contribution in [2.24, 2.45) is 0 Å². The topological polar surface area (TPSA) is 74.0 Å². The fourth-order valence-electron chi connectivity index (χ4n) is 4.24. The number of carbonyl (C=O) groups is 2. The zero-order valence-electron chi connectivity index (χ0n) is 15.2. The monoisotopic (exact) mass is 353 g/mol. The molecule has 1 aromatic heterocycles. The minimum Gasteiger partial charge on any atom is -0.358 e. The van der Waals surface area contributed by atoms with E-state index in [1.807, 2.05) is 0 Å². The summed E-state index contributed by atoms with van der Waals surface area (Å²) in [5.74, 6) is 0.0545. The molecular formula is C21H27N3O2. The molecule has 3 N–H and O–H groups in total. The number of aromatic nitrogens is 1. The number of carbonyl (C=O) groups excluding carboxylic acids is 2. The maximum Gasteiger partial charge on any atom is 0.222 e. The zero-order valence-corrected chi connectivity index (χ0v) is 15.2. The summed E-state index contributed by atoms with van der Waals surface area (Å²) in [6.45, 7) is 0.537. The Hall–Kier alpha value is -2.30. The number of H-pyrrole nitrogens is 1. The van der Waals surface area contributed by atoms with Gasteiger partial charge in [-0.25, -0.2) is 0 Å². The van der Waals surface area contributed by atoms with Crippen LogP contribution in [0.1, 0.15) is 61.8 Å². The van der Waals surface area contributed by atoms with Crippen LogP contribution in [0.5, 0.6) is 0 Å². The van der Waals surface area contributed by atoms with Crippen LogP contribution < -0.4 is 10.6 Å². The lowest BCUT2D eigenvalue weighted by Crippen LogP contribution is -2.33. The highest BCUT2D eigenvalue weighted by atomic mass is 16.2. The maximum absolute atomic E-state index is 12.1. The van der Waals surface area contributed by atoms with E-state index < -0.39 is 0 Å². The van der Waals surface area contributed by atoms with Gasteiger partial charge in [-0.05, 0) is 55.4 Å². The molecule has 26 heavy (non-hydrogen) atoms. The van der Waals surface area contributed by atoms with E-state index in [2.05, 4.69) is 33.8 Å². The summed E-state index contributed by atoms with van der Waals surface area (Å²) in [6, 6.07) is 6.45. The lowest BCUT2D eigenvalue weighted by Gasteiger charge is -2.11. The summed E-state index contributed by atoms with van der Waals surface area (Å²) in [7, 11) is 0. The van der Waals surface area contributed by atoms with E-state index in [4.69, 9.17) is 0 Å². The van der Waals surface area contributed by atoms with E-state index >= 15 is 0 Å². The number of nitrogens with one attached hydrogen (secondary N) is 3. The summed E-state index contributed by atoms with van der Waals surface area (Å²) in [4.78, 5) is 27.0. The molecule has 4 rings (SSSR count). The molecule has 0 bridgehead atoms. The fraction of sp³-hybridized carbons (Fsp3) is 0.524. The molecule has 1 aliphatic heterocycles. The predicted molar refractivity (Wildman–Crippen MR) is 102 cm³/mol. The molecule has 1 saturated heterocycles. The summed E-state index contributed by atoms with van der Waals surface area (Å²) in [5.41, 5.74) is 5.21. The number of amides is 2. The first-order valence-electron chi connectivity index (χ1n) is 9.87. The quantitative estimate of drug-likeness (QED) is 0.790. The predicted octanol–water partition coefficient (Wildman–Crippen LogP) is 3.11. The number of rotatable bonds is 4. The molecule has 2 amide bonds. The van der Waals surface area contributed by atoms with Crippen LogP contribution in [-0.4, -0.2) is 22.8 Å². The number of hydrogen-bond donors (Lipinski definition) is 3. The summed E-state index contributed by atoms with van der Waals surface area (Å²) in [6.07, 6.45) is 9.12. The van der Waals surface area contributed by atoms with Crippen molar-refractivity contribution in [1.29, 1.82) is 0 Å². The molecule has 2 heterocycles. The van der Waals surface area contributed by atoms with Gasteiger partial charge < -0.3 is 15.6 Å². The third-order valence-electron chi connectivity index (χ3n) is 5.67. The summed E-state index contributed by atoms with van der Waals surface area (Å²) in [5, 5.41) is 7.16. The molecule has 2 aliphatic rings. The largest absolute Gasteiger partial charge is 0.358 e. The van der Waals surface area contributed by atoms with Crippen LogP contribution in [0, 0.1) is 0 Å². The van der Waals surface area contributed by atoms with Crippen LogP contribution >= 0.6 is 0 Å². The minimum absolute atomic E-state index is 0.00156. The highest BCUT2D eigenvalue weighted by molar-refractivity contribution is 5.86. The molecular weight excluding hydrogens is 326 g/mol. The molecule has 138 valence electrons. The molecule has 5 heteroatoms. The van der Waals surface area contributed by atoms with Gasteiger partial charge in [0.25, 0.3) is 0 Å². The lowest BCUT2D eigenvalue weighted by molar-refractivity contribution is -0.121. The van der Waals surface area contributed by atoms with E-state index in [-0.39, 0.29) is 17.9 Å². The first-order valence-corrected chi connectivity index (χ1v) is 9.87. The molecule has 1 aromatic carbocycles. The second kappa shape index (κ2) is 7.52. The molecule has 5 nitrogen and oxygen atoms in total. The Morgan fingerprint density at radius 1 is 1.12 bits per heavy atom. The summed E-state index contributed by atoms with van der Waals surface area (Å²) >= 11 is 0. The Morgan fingerprint density at radius 3 is 2.77 bits per heavy atom. The average molecular weight is 353 g/mol. The van der Waals surface area contributed by atoms with Crippen LogP contribution in [0.3, 0.4) is 0 Å². The van der Waals surface area contributed by atoms with Gasteiger partial charge >= 0.3 is 0 Å². The van der Waals surface area contributed by atoms with Gasteiger partial charge in [-0.2, -0.15) is 0 Å². The number of fused-ring (bicyclic) bond motifs is 3. The third kappa shape index (κ3) is 3.76. The summed E-state index contributed by atoms with van der Waals surface area (Å²) < 4.78 is 0. The number of hydrogen-bond acceptors (Lipinski definition) is 2. The molecule has 2 aromatic rings. The highest BCUT2D eigenvalue weighted by Crippen LogP contribution is 2.28. The van der Waals surface area contributed by atoms with Gasteiger partial charge in [-0.3, -0.25) is 9.59 Å². The van der Waals surface area contributed by atoms with Gasteiger partial charge in [-0.15, -0.1) is 0 Å². The molecule has 1 unspecified atom stereocenters. The van der Waals surface area contributed by atoms with Gasteiger partial charge in [0.15, 0.2) is 0 Å². The fourth-order valence-corrected chi connectivity index (χ4v) is 4.24. The number of benzene rings is 1. The van der Waals surface area contributed by atoms with E-state index in [0.29, 0.717) is 19.4 Å². The van der Waals surface area contributed by atoms with Gasteiger partial charge in [0.1, 0.15) is 0 Å². The van der Waals surface area contributed by atoms with Crippen LogP contribution in [0.25, 0.3) is 10.9 Å². The maximum atomic E-state index is 12.1. The average Bonchev–Trinajstić information content (AvgIpc) is 3.15. The Balaban J connectivity index is 1.42. The molecule has 1 aliphatic carbocycles. The number of aryl methyl sites for hydroxylation is 2. The first-order chi connectivity index (χ1) is 12.7. The van der Waals surface area contributed by atoms with Crippen molar-refractivity contribution in [3.63, 3.8) is 0 Å². The Kier molecular flexibility index (Phi) is 4.96. The molecule has 1 atom stereocenters. The van der Waals surface area contributed by atoms with Crippen molar-refractivity contribution in [3.8, 4) is 0 Å². The molecule has 0 radical (unpaired) electrons. The van der Waals surface area contributed by atoms with Crippen molar-refractivity contribution >= 4 is 22.7 Å². The second-order valence-electron chi connectivity index (χ2n) is 7.66. The molecule has 1 fully saturated rings. The smallest absolute Gasteiger partial charge is 0.222 e. The third-order valence-corrected chi connectivity index (χ3v) is 5.67. The van der Waals surface area contributed by atoms with Crippen molar-refractivity contribution in [1.82, 2.24) is 15.6 Å². The van der Waals surface area contributed by atoms with Crippen molar-refractivity contribution in [3.05, 3.63) is 35.0 Å². The van der Waals surface area contributed by atoms with E-state index in [9.17, 15) is 9.59 Å². The SMILES string of the molecule is O=C(CC1CCC(=O)N1)NCc1ccc2[nH]c3c(c2c1)CCCCCC3. The van der Waals surface area contributed by atoms with E-state index in [1.165, 1.54) is 47.8 Å². The Bertz CT molecular complexity index is 824. The molecule has 0 spiro atoms. The van der Waals surface area contributed by atoms with Crippen LogP contribution in [-0.2, 0) is 29.0 Å². The van der Waals surface area contributed by atoms with Gasteiger partial charge in [0, 0.05) is 42.0 Å². The van der Waals surface area contributed by atoms with Gasteiger partial charge in [0.2, 0.25) is 11.8 Å². The number of aromatic amines is 1. The van der Waals surface area contributed by atoms with Crippen molar-refractivity contribution < 1.29 is 9.59 Å². The second-order valence-corrected chi connectivity index (χ2v) is 7.66. The van der Waals surface area contributed by atoms with Crippen LogP contribution in [0.15, 0.2) is 18.2 Å².